The number of nitrogens with zero attached hydrogens (tertiary/aromatic N) is 7. The zero-order valence-electron chi connectivity index (χ0n) is 17.3. The Kier molecular flexibility index (Phi) is 5.05. The number of hydrogen-bond acceptors (Lipinski definition) is 8. The Balaban J connectivity index is 1.59. The molecule has 9 heteroatoms. The molecule has 5 rings (SSSR count). The van der Waals surface area contributed by atoms with E-state index >= 15 is 0 Å². The first-order valence-electron chi connectivity index (χ1n) is 10.4. The summed E-state index contributed by atoms with van der Waals surface area (Å²) in [4.78, 5) is 20.3. The third kappa shape index (κ3) is 3.73. The number of aliphatic hydroxyl groups is 1. The molecule has 0 amide bonds. The van der Waals surface area contributed by atoms with E-state index in [2.05, 4.69) is 25.0 Å². The van der Waals surface area contributed by atoms with Crippen LogP contribution in [0.2, 0.25) is 0 Å². The van der Waals surface area contributed by atoms with Gasteiger partial charge in [-0.15, -0.1) is 0 Å². The van der Waals surface area contributed by atoms with Gasteiger partial charge in [-0.25, -0.2) is 14.6 Å². The summed E-state index contributed by atoms with van der Waals surface area (Å²) in [6, 6.07) is 5.83. The van der Waals surface area contributed by atoms with Crippen molar-refractivity contribution >= 4 is 16.7 Å². The predicted octanol–water partition coefficient (Wildman–Crippen LogP) is 2.00. The summed E-state index contributed by atoms with van der Waals surface area (Å²) in [6.07, 6.45) is 8.99. The molecule has 1 unspecified atom stereocenters. The number of fused-ring (bicyclic) bond motifs is 1. The predicted molar refractivity (Wildman–Crippen MR) is 118 cm³/mol. The molecule has 0 radical (unpaired) electrons. The summed E-state index contributed by atoms with van der Waals surface area (Å²) < 4.78 is 1.79. The van der Waals surface area contributed by atoms with Crippen molar-refractivity contribution in [3.8, 4) is 17.2 Å². The molecule has 0 spiro atoms. The first kappa shape index (κ1) is 19.5. The van der Waals surface area contributed by atoms with Crippen molar-refractivity contribution in [2.75, 3.05) is 18.0 Å². The van der Waals surface area contributed by atoms with Gasteiger partial charge in [-0.05, 0) is 38.0 Å². The number of aliphatic hydroxyl groups excluding tert-OH is 1. The van der Waals surface area contributed by atoms with Gasteiger partial charge in [-0.1, -0.05) is 0 Å². The Labute approximate surface area is 179 Å². The van der Waals surface area contributed by atoms with Gasteiger partial charge in [0.25, 0.3) is 0 Å². The fourth-order valence-corrected chi connectivity index (χ4v) is 4.01. The van der Waals surface area contributed by atoms with Crippen molar-refractivity contribution in [2.24, 2.45) is 5.73 Å². The minimum atomic E-state index is -0.0751. The minimum absolute atomic E-state index is 0.0751. The topological polar surface area (TPSA) is 119 Å². The molecule has 5 heterocycles. The largest absolute Gasteiger partial charge is 0.392 e. The van der Waals surface area contributed by atoms with Crippen LogP contribution in [0.5, 0.6) is 0 Å². The SMILES string of the molecule is Cc1cncc(-c2cc3c(cn2)cnn3-c2ccc(CO)c(N3CCCC(N)C3)n2)n1. The van der Waals surface area contributed by atoms with Gasteiger partial charge in [0.05, 0.1) is 35.9 Å². The van der Waals surface area contributed by atoms with E-state index in [0.29, 0.717) is 11.5 Å². The van der Waals surface area contributed by atoms with Crippen LogP contribution in [0.4, 0.5) is 5.82 Å². The third-order valence-corrected chi connectivity index (χ3v) is 5.56. The van der Waals surface area contributed by atoms with Crippen LogP contribution in [0.3, 0.4) is 0 Å². The number of pyridine rings is 2. The lowest BCUT2D eigenvalue weighted by atomic mass is 10.1. The van der Waals surface area contributed by atoms with Crippen LogP contribution in [-0.2, 0) is 6.61 Å². The lowest BCUT2D eigenvalue weighted by Gasteiger charge is -2.33. The fourth-order valence-electron chi connectivity index (χ4n) is 4.01. The number of aryl methyl sites for hydroxylation is 1. The molecule has 3 N–H and O–H groups in total. The maximum absolute atomic E-state index is 9.85. The van der Waals surface area contributed by atoms with Gasteiger partial charge in [0.15, 0.2) is 5.82 Å². The van der Waals surface area contributed by atoms with E-state index in [1.165, 1.54) is 0 Å². The summed E-state index contributed by atoms with van der Waals surface area (Å²) in [5.41, 5.74) is 10.1. The quantitative estimate of drug-likeness (QED) is 0.518. The summed E-state index contributed by atoms with van der Waals surface area (Å²) in [7, 11) is 0. The summed E-state index contributed by atoms with van der Waals surface area (Å²) >= 11 is 0. The molecular weight excluding hydrogens is 392 g/mol. The van der Waals surface area contributed by atoms with Crippen molar-refractivity contribution in [2.45, 2.75) is 32.4 Å². The molecular formula is C22H24N8O. The van der Waals surface area contributed by atoms with Crippen LogP contribution in [0, 0.1) is 6.92 Å². The maximum Gasteiger partial charge on any atom is 0.156 e. The van der Waals surface area contributed by atoms with Gasteiger partial charge < -0.3 is 15.7 Å². The average Bonchev–Trinajstić information content (AvgIpc) is 3.22. The number of rotatable bonds is 4. The van der Waals surface area contributed by atoms with Crippen LogP contribution in [0.25, 0.3) is 28.1 Å². The molecule has 4 aromatic heterocycles. The Bertz CT molecular complexity index is 1240. The maximum atomic E-state index is 9.85. The van der Waals surface area contributed by atoms with Gasteiger partial charge >= 0.3 is 0 Å². The molecule has 0 aliphatic carbocycles. The Morgan fingerprint density at radius 1 is 1.13 bits per heavy atom. The summed E-state index contributed by atoms with van der Waals surface area (Å²) in [5, 5.41) is 15.3. The molecule has 1 aliphatic rings. The second-order valence-corrected chi connectivity index (χ2v) is 7.89. The van der Waals surface area contributed by atoms with E-state index in [0.717, 1.165) is 59.6 Å². The van der Waals surface area contributed by atoms with E-state index in [1.807, 2.05) is 25.1 Å². The zero-order valence-corrected chi connectivity index (χ0v) is 17.3. The van der Waals surface area contributed by atoms with Crippen LogP contribution in [-0.4, -0.2) is 54.0 Å². The van der Waals surface area contributed by atoms with Gasteiger partial charge in [0, 0.05) is 42.5 Å². The van der Waals surface area contributed by atoms with E-state index in [1.54, 1.807) is 29.5 Å². The van der Waals surface area contributed by atoms with Crippen molar-refractivity contribution < 1.29 is 5.11 Å². The van der Waals surface area contributed by atoms with Crippen LogP contribution >= 0.6 is 0 Å². The molecule has 1 aliphatic heterocycles. The molecule has 0 saturated carbocycles. The Morgan fingerprint density at radius 3 is 2.84 bits per heavy atom. The van der Waals surface area contributed by atoms with Crippen LogP contribution in [0.15, 0.2) is 43.0 Å². The van der Waals surface area contributed by atoms with Gasteiger partial charge in [0.2, 0.25) is 0 Å². The highest BCUT2D eigenvalue weighted by atomic mass is 16.3. The fraction of sp³-hybridized carbons (Fsp3) is 0.318. The van der Waals surface area contributed by atoms with Crippen molar-refractivity contribution in [3.63, 3.8) is 0 Å². The first-order valence-corrected chi connectivity index (χ1v) is 10.4. The molecule has 9 nitrogen and oxygen atoms in total. The number of hydrogen-bond donors (Lipinski definition) is 2. The van der Waals surface area contributed by atoms with E-state index in [9.17, 15) is 5.11 Å². The van der Waals surface area contributed by atoms with Crippen LogP contribution in [0.1, 0.15) is 24.1 Å². The van der Waals surface area contributed by atoms with Crippen molar-refractivity contribution in [1.29, 1.82) is 0 Å². The van der Waals surface area contributed by atoms with Gasteiger partial charge in [0.1, 0.15) is 11.5 Å². The number of piperidine rings is 1. The summed E-state index contributed by atoms with van der Waals surface area (Å²) in [5.74, 6) is 1.44. The molecule has 0 aromatic carbocycles. The highest BCUT2D eigenvalue weighted by molar-refractivity contribution is 5.82. The lowest BCUT2D eigenvalue weighted by molar-refractivity contribution is 0.281. The van der Waals surface area contributed by atoms with Crippen molar-refractivity contribution in [1.82, 2.24) is 29.7 Å². The van der Waals surface area contributed by atoms with Crippen molar-refractivity contribution in [3.05, 3.63) is 54.2 Å². The smallest absolute Gasteiger partial charge is 0.156 e. The second kappa shape index (κ2) is 8.01. The molecule has 1 atom stereocenters. The average molecular weight is 416 g/mol. The zero-order chi connectivity index (χ0) is 21.4. The number of nitrogens with two attached hydrogens (primary N) is 1. The Morgan fingerprint density at radius 2 is 2.03 bits per heavy atom. The monoisotopic (exact) mass is 416 g/mol. The molecule has 158 valence electrons. The highest BCUT2D eigenvalue weighted by Crippen LogP contribution is 2.26. The summed E-state index contributed by atoms with van der Waals surface area (Å²) in [6.45, 7) is 3.43. The van der Waals surface area contributed by atoms with Crippen LogP contribution < -0.4 is 10.6 Å². The molecule has 4 aromatic rings. The molecule has 1 fully saturated rings. The van der Waals surface area contributed by atoms with E-state index < -0.39 is 0 Å². The minimum Gasteiger partial charge on any atom is -0.392 e. The normalized spacial score (nSPS) is 16.7. The highest BCUT2D eigenvalue weighted by Gasteiger charge is 2.21. The van der Waals surface area contributed by atoms with Gasteiger partial charge in [-0.2, -0.15) is 5.10 Å². The van der Waals surface area contributed by atoms with E-state index in [-0.39, 0.29) is 12.6 Å². The van der Waals surface area contributed by atoms with E-state index in [4.69, 9.17) is 10.7 Å². The molecule has 0 bridgehead atoms. The Hall–Kier alpha value is -3.43. The van der Waals surface area contributed by atoms with Gasteiger partial charge in [-0.3, -0.25) is 9.97 Å². The molecule has 1 saturated heterocycles. The third-order valence-electron chi connectivity index (χ3n) is 5.56. The number of aromatic nitrogens is 6. The first-order chi connectivity index (χ1) is 15.1. The second-order valence-electron chi connectivity index (χ2n) is 7.89. The number of anilines is 1. The standard InChI is InChI=1S/C22H24N8O/c1-14-8-24-11-19(27-14)18-7-20-16(9-25-18)10-26-30(20)21-5-4-15(13-31)22(28-21)29-6-2-3-17(23)12-29/h4-5,7-11,17,31H,2-3,6,12-13,23H2,1H3. The molecule has 31 heavy (non-hydrogen) atoms. The lowest BCUT2D eigenvalue weighted by Crippen LogP contribution is -2.43.